The third kappa shape index (κ3) is 2.14. The third-order valence-corrected chi connectivity index (χ3v) is 2.64. The normalized spacial score (nSPS) is 16.9. The topological polar surface area (TPSA) is 63.0 Å². The zero-order valence-electron chi connectivity index (χ0n) is 8.16. The van der Waals surface area contributed by atoms with Crippen LogP contribution in [-0.4, -0.2) is 11.0 Å². The second-order valence-corrected chi connectivity index (χ2v) is 3.70. The number of nitrogens with zero attached hydrogens (tertiary/aromatic N) is 1. The second kappa shape index (κ2) is 4.28. The largest absolute Gasteiger partial charge is 0.381 e. The van der Waals surface area contributed by atoms with Gasteiger partial charge < -0.3 is 10.7 Å². The number of nitrogen functional groups attached to an aromatic ring is 1. The van der Waals surface area contributed by atoms with E-state index in [0.717, 1.165) is 5.69 Å². The fourth-order valence-electron chi connectivity index (χ4n) is 1.87. The maximum atomic E-state index is 5.23. The van der Waals surface area contributed by atoms with Crippen LogP contribution in [0.15, 0.2) is 18.3 Å². The number of pyridine rings is 1. The van der Waals surface area contributed by atoms with Crippen molar-refractivity contribution in [3.63, 3.8) is 0 Å². The van der Waals surface area contributed by atoms with Crippen molar-refractivity contribution in [3.8, 4) is 0 Å². The molecular weight excluding hydrogens is 176 g/mol. The van der Waals surface area contributed by atoms with Crippen molar-refractivity contribution in [2.75, 3.05) is 10.7 Å². The summed E-state index contributed by atoms with van der Waals surface area (Å²) in [7, 11) is 0. The highest BCUT2D eigenvalue weighted by Crippen LogP contribution is 2.22. The maximum Gasteiger partial charge on any atom is 0.140 e. The molecule has 1 fully saturated rings. The molecule has 4 nitrogen and oxygen atoms in total. The quantitative estimate of drug-likeness (QED) is 0.504. The zero-order valence-corrected chi connectivity index (χ0v) is 8.16. The average molecular weight is 192 g/mol. The number of aromatic nitrogens is 1. The molecule has 1 aliphatic rings. The van der Waals surface area contributed by atoms with Crippen LogP contribution in [-0.2, 0) is 0 Å². The molecule has 0 bridgehead atoms. The fourth-order valence-corrected chi connectivity index (χ4v) is 1.87. The molecule has 0 atom stereocenters. The summed E-state index contributed by atoms with van der Waals surface area (Å²) in [5.41, 5.74) is 3.59. The Hall–Kier alpha value is -1.29. The van der Waals surface area contributed by atoms with Gasteiger partial charge in [0.1, 0.15) is 5.82 Å². The molecule has 1 aliphatic carbocycles. The highest BCUT2D eigenvalue weighted by Gasteiger charge is 2.14. The maximum absolute atomic E-state index is 5.23. The number of hydrazine groups is 1. The Balaban J connectivity index is 1.95. The van der Waals surface area contributed by atoms with E-state index in [0.29, 0.717) is 11.9 Å². The van der Waals surface area contributed by atoms with Gasteiger partial charge in [0.2, 0.25) is 0 Å². The van der Waals surface area contributed by atoms with Gasteiger partial charge in [0.05, 0.1) is 11.9 Å². The molecule has 4 heteroatoms. The van der Waals surface area contributed by atoms with Crippen LogP contribution in [0.5, 0.6) is 0 Å². The number of hydrogen-bond acceptors (Lipinski definition) is 4. The first-order valence-electron chi connectivity index (χ1n) is 5.08. The first-order valence-corrected chi connectivity index (χ1v) is 5.08. The van der Waals surface area contributed by atoms with Gasteiger partial charge in [-0.3, -0.25) is 0 Å². The summed E-state index contributed by atoms with van der Waals surface area (Å²) in [5.74, 6) is 5.93. The van der Waals surface area contributed by atoms with Gasteiger partial charge in [-0.25, -0.2) is 10.8 Å². The van der Waals surface area contributed by atoms with E-state index in [1.807, 2.05) is 18.3 Å². The van der Waals surface area contributed by atoms with Gasteiger partial charge in [-0.1, -0.05) is 12.8 Å². The van der Waals surface area contributed by atoms with Crippen LogP contribution < -0.4 is 16.6 Å². The molecule has 0 spiro atoms. The Morgan fingerprint density at radius 3 is 2.64 bits per heavy atom. The SMILES string of the molecule is NNc1ccc(NC2CCCC2)cn1. The highest BCUT2D eigenvalue weighted by atomic mass is 15.2. The van der Waals surface area contributed by atoms with Gasteiger partial charge in [0.25, 0.3) is 0 Å². The molecule has 4 N–H and O–H groups in total. The summed E-state index contributed by atoms with van der Waals surface area (Å²) in [6.45, 7) is 0. The van der Waals surface area contributed by atoms with Crippen molar-refractivity contribution in [2.45, 2.75) is 31.7 Å². The van der Waals surface area contributed by atoms with Crippen LogP contribution in [0.3, 0.4) is 0 Å². The van der Waals surface area contributed by atoms with E-state index in [9.17, 15) is 0 Å². The summed E-state index contributed by atoms with van der Waals surface area (Å²) in [6, 6.07) is 4.51. The van der Waals surface area contributed by atoms with Gasteiger partial charge in [0.15, 0.2) is 0 Å². The predicted octanol–water partition coefficient (Wildman–Crippen LogP) is 1.72. The van der Waals surface area contributed by atoms with E-state index in [1.54, 1.807) is 0 Å². The summed E-state index contributed by atoms with van der Waals surface area (Å²) in [6.07, 6.45) is 7.04. The van der Waals surface area contributed by atoms with Crippen LogP contribution >= 0.6 is 0 Å². The zero-order chi connectivity index (χ0) is 9.80. The summed E-state index contributed by atoms with van der Waals surface area (Å²) in [5, 5.41) is 3.46. The van der Waals surface area contributed by atoms with Crippen molar-refractivity contribution in [1.29, 1.82) is 0 Å². The van der Waals surface area contributed by atoms with Crippen LogP contribution in [0.2, 0.25) is 0 Å². The van der Waals surface area contributed by atoms with Gasteiger partial charge >= 0.3 is 0 Å². The Labute approximate surface area is 83.9 Å². The second-order valence-electron chi connectivity index (χ2n) is 3.70. The summed E-state index contributed by atoms with van der Waals surface area (Å²) < 4.78 is 0. The molecule has 0 aromatic carbocycles. The van der Waals surface area contributed by atoms with Crippen LogP contribution in [0.25, 0.3) is 0 Å². The van der Waals surface area contributed by atoms with E-state index in [-0.39, 0.29) is 0 Å². The predicted molar refractivity (Wildman–Crippen MR) is 57.9 cm³/mol. The van der Waals surface area contributed by atoms with Gasteiger partial charge in [0, 0.05) is 6.04 Å². The van der Waals surface area contributed by atoms with Gasteiger partial charge in [-0.05, 0) is 25.0 Å². The molecule has 1 aromatic rings. The molecule has 1 aromatic heterocycles. The van der Waals surface area contributed by atoms with Gasteiger partial charge in [-0.2, -0.15) is 0 Å². The van der Waals surface area contributed by atoms with Crippen LogP contribution in [0, 0.1) is 0 Å². The molecule has 1 heterocycles. The fraction of sp³-hybridized carbons (Fsp3) is 0.500. The lowest BCUT2D eigenvalue weighted by Gasteiger charge is -2.12. The molecule has 0 radical (unpaired) electrons. The molecule has 0 unspecified atom stereocenters. The number of anilines is 2. The van der Waals surface area contributed by atoms with Crippen molar-refractivity contribution in [1.82, 2.24) is 4.98 Å². The lowest BCUT2D eigenvalue weighted by Crippen LogP contribution is -2.15. The summed E-state index contributed by atoms with van der Waals surface area (Å²) in [4.78, 5) is 4.14. The van der Waals surface area contributed by atoms with Crippen LogP contribution in [0.1, 0.15) is 25.7 Å². The Morgan fingerprint density at radius 1 is 1.29 bits per heavy atom. The minimum atomic E-state index is 0.633. The summed E-state index contributed by atoms with van der Waals surface area (Å²) >= 11 is 0. The van der Waals surface area contributed by atoms with Crippen molar-refractivity contribution in [2.24, 2.45) is 5.84 Å². The first-order chi connectivity index (χ1) is 6.88. The molecule has 0 saturated heterocycles. The number of hydrogen-bond donors (Lipinski definition) is 3. The highest BCUT2D eigenvalue weighted by molar-refractivity contribution is 5.47. The number of rotatable bonds is 3. The molecule has 1 saturated carbocycles. The monoisotopic (exact) mass is 192 g/mol. The lowest BCUT2D eigenvalue weighted by atomic mass is 10.2. The van der Waals surface area contributed by atoms with E-state index in [2.05, 4.69) is 15.7 Å². The third-order valence-electron chi connectivity index (χ3n) is 2.64. The number of nitrogens with two attached hydrogens (primary N) is 1. The van der Waals surface area contributed by atoms with Crippen molar-refractivity contribution < 1.29 is 0 Å². The Kier molecular flexibility index (Phi) is 2.84. The molecule has 0 aliphatic heterocycles. The lowest BCUT2D eigenvalue weighted by molar-refractivity contribution is 0.755. The Morgan fingerprint density at radius 2 is 2.07 bits per heavy atom. The first kappa shape index (κ1) is 9.27. The average Bonchev–Trinajstić information content (AvgIpc) is 2.72. The van der Waals surface area contributed by atoms with E-state index in [4.69, 9.17) is 5.84 Å². The Bertz CT molecular complexity index is 277. The molecule has 0 amide bonds. The standard InChI is InChI=1S/C10H16N4/c11-14-10-6-5-9(7-12-10)13-8-3-1-2-4-8/h5-8,13H,1-4,11H2,(H,12,14). The minimum absolute atomic E-state index is 0.633. The van der Waals surface area contributed by atoms with Crippen LogP contribution in [0.4, 0.5) is 11.5 Å². The molecular formula is C10H16N4. The molecule has 76 valence electrons. The van der Waals surface area contributed by atoms with E-state index >= 15 is 0 Å². The smallest absolute Gasteiger partial charge is 0.140 e. The van der Waals surface area contributed by atoms with Crippen molar-refractivity contribution in [3.05, 3.63) is 18.3 Å². The van der Waals surface area contributed by atoms with E-state index < -0.39 is 0 Å². The molecule has 2 rings (SSSR count). The molecule has 14 heavy (non-hydrogen) atoms. The van der Waals surface area contributed by atoms with E-state index in [1.165, 1.54) is 25.7 Å². The minimum Gasteiger partial charge on any atom is -0.381 e. The van der Waals surface area contributed by atoms with Gasteiger partial charge in [-0.15, -0.1) is 0 Å². The van der Waals surface area contributed by atoms with Crippen molar-refractivity contribution >= 4 is 11.5 Å². The number of nitrogens with one attached hydrogen (secondary N) is 2.